The monoisotopic (exact) mass is 436 g/mol. The number of anilines is 1. The summed E-state index contributed by atoms with van der Waals surface area (Å²) < 4.78 is 27.1. The zero-order chi connectivity index (χ0) is 21.7. The van der Waals surface area contributed by atoms with Crippen molar-refractivity contribution in [3.8, 4) is 0 Å². The maximum atomic E-state index is 12.8. The zero-order valence-electron chi connectivity index (χ0n) is 17.0. The molecule has 1 amide bonds. The summed E-state index contributed by atoms with van der Waals surface area (Å²) in [6.07, 6.45) is 3.26. The fourth-order valence-electron chi connectivity index (χ4n) is 3.58. The highest BCUT2D eigenvalue weighted by Gasteiger charge is 2.28. The van der Waals surface area contributed by atoms with Gasteiger partial charge < -0.3 is 5.32 Å². The highest BCUT2D eigenvalue weighted by molar-refractivity contribution is 7.89. The van der Waals surface area contributed by atoms with E-state index in [9.17, 15) is 13.2 Å². The van der Waals surface area contributed by atoms with Gasteiger partial charge in [0.15, 0.2) is 0 Å². The summed E-state index contributed by atoms with van der Waals surface area (Å²) in [5.74, 6) is -0.186. The van der Waals surface area contributed by atoms with Crippen molar-refractivity contribution < 1.29 is 13.2 Å². The second-order valence-corrected chi connectivity index (χ2v) is 9.33. The molecule has 8 heteroatoms. The zero-order valence-corrected chi connectivity index (χ0v) is 17.8. The summed E-state index contributed by atoms with van der Waals surface area (Å²) in [6, 6.07) is 19.6. The third kappa shape index (κ3) is 5.16. The molecule has 4 rings (SSSR count). The van der Waals surface area contributed by atoms with Crippen LogP contribution in [0.1, 0.15) is 15.9 Å². The Hall–Kier alpha value is -3.07. The molecule has 1 saturated heterocycles. The number of hydrogen-bond acceptors (Lipinski definition) is 5. The summed E-state index contributed by atoms with van der Waals surface area (Å²) >= 11 is 0. The number of carbonyl (C=O) groups is 1. The van der Waals surface area contributed by atoms with Crippen LogP contribution in [-0.4, -0.2) is 54.7 Å². The summed E-state index contributed by atoms with van der Waals surface area (Å²) in [7, 11) is -3.46. The summed E-state index contributed by atoms with van der Waals surface area (Å²) in [5.41, 5.74) is 2.23. The first kappa shape index (κ1) is 21.2. The van der Waals surface area contributed by atoms with Crippen molar-refractivity contribution in [3.63, 3.8) is 0 Å². The van der Waals surface area contributed by atoms with E-state index in [0.717, 1.165) is 5.56 Å². The SMILES string of the molecule is O=C(Nc1cccnc1)c1cccc(CN2CCN(S(=O)(=O)c3ccccc3)CC2)c1. The quantitative estimate of drug-likeness (QED) is 0.643. The number of rotatable bonds is 6. The number of pyridine rings is 1. The van der Waals surface area contributed by atoms with Crippen LogP contribution in [0.15, 0.2) is 84.0 Å². The van der Waals surface area contributed by atoms with Crippen LogP contribution < -0.4 is 5.32 Å². The average molecular weight is 437 g/mol. The number of sulfonamides is 1. The molecule has 160 valence electrons. The maximum absolute atomic E-state index is 12.8. The molecule has 7 nitrogen and oxygen atoms in total. The van der Waals surface area contributed by atoms with Crippen LogP contribution in [-0.2, 0) is 16.6 Å². The van der Waals surface area contributed by atoms with Gasteiger partial charge in [0, 0.05) is 44.5 Å². The molecule has 0 saturated carbocycles. The molecule has 0 aliphatic carbocycles. The van der Waals surface area contributed by atoms with Gasteiger partial charge in [0.1, 0.15) is 0 Å². The molecule has 1 aromatic heterocycles. The van der Waals surface area contributed by atoms with Gasteiger partial charge in [-0.15, -0.1) is 0 Å². The van der Waals surface area contributed by atoms with Crippen molar-refractivity contribution in [1.29, 1.82) is 0 Å². The number of carbonyl (C=O) groups excluding carboxylic acids is 1. The van der Waals surface area contributed by atoms with E-state index in [0.29, 0.717) is 48.9 Å². The lowest BCUT2D eigenvalue weighted by Crippen LogP contribution is -2.48. The van der Waals surface area contributed by atoms with E-state index in [2.05, 4.69) is 15.2 Å². The van der Waals surface area contributed by atoms with Crippen molar-refractivity contribution in [2.45, 2.75) is 11.4 Å². The smallest absolute Gasteiger partial charge is 0.255 e. The molecule has 31 heavy (non-hydrogen) atoms. The van der Waals surface area contributed by atoms with Crippen LogP contribution in [0, 0.1) is 0 Å². The molecule has 1 N–H and O–H groups in total. The molecule has 3 aromatic rings. The Morgan fingerprint density at radius 2 is 1.71 bits per heavy atom. The van der Waals surface area contributed by atoms with E-state index in [1.54, 1.807) is 54.9 Å². The van der Waals surface area contributed by atoms with E-state index in [1.165, 1.54) is 4.31 Å². The number of aromatic nitrogens is 1. The minimum Gasteiger partial charge on any atom is -0.321 e. The van der Waals surface area contributed by atoms with Crippen molar-refractivity contribution in [2.24, 2.45) is 0 Å². The van der Waals surface area contributed by atoms with Gasteiger partial charge in [-0.05, 0) is 42.0 Å². The number of nitrogens with zero attached hydrogens (tertiary/aromatic N) is 3. The van der Waals surface area contributed by atoms with Gasteiger partial charge in [0.25, 0.3) is 5.91 Å². The maximum Gasteiger partial charge on any atom is 0.255 e. The normalized spacial score (nSPS) is 15.5. The predicted molar refractivity (Wildman–Crippen MR) is 119 cm³/mol. The van der Waals surface area contributed by atoms with Crippen LogP contribution in [0.25, 0.3) is 0 Å². The van der Waals surface area contributed by atoms with E-state index in [-0.39, 0.29) is 5.91 Å². The highest BCUT2D eigenvalue weighted by Crippen LogP contribution is 2.18. The van der Waals surface area contributed by atoms with E-state index in [1.807, 2.05) is 24.3 Å². The standard InChI is InChI=1S/C23H24N4O3S/c28-23(25-21-8-5-11-24-17-21)20-7-4-6-19(16-20)18-26-12-14-27(15-13-26)31(29,30)22-9-2-1-3-10-22/h1-11,16-17H,12-15,18H2,(H,25,28). The van der Waals surface area contributed by atoms with E-state index in [4.69, 9.17) is 0 Å². The largest absolute Gasteiger partial charge is 0.321 e. The van der Waals surface area contributed by atoms with E-state index < -0.39 is 10.0 Å². The first-order valence-corrected chi connectivity index (χ1v) is 11.5. The van der Waals surface area contributed by atoms with Crippen LogP contribution in [0.2, 0.25) is 0 Å². The summed E-state index contributed by atoms with van der Waals surface area (Å²) in [6.45, 7) is 2.82. The Bertz CT molecular complexity index is 1130. The van der Waals surface area contributed by atoms with Crippen LogP contribution in [0.4, 0.5) is 5.69 Å². The minimum atomic E-state index is -3.46. The summed E-state index contributed by atoms with van der Waals surface area (Å²) in [5, 5.41) is 2.84. The van der Waals surface area contributed by atoms with Crippen molar-refractivity contribution in [2.75, 3.05) is 31.5 Å². The second kappa shape index (κ2) is 9.38. The van der Waals surface area contributed by atoms with Gasteiger partial charge in [-0.25, -0.2) is 8.42 Å². The molecule has 1 aliphatic rings. The Morgan fingerprint density at radius 3 is 2.42 bits per heavy atom. The Balaban J connectivity index is 1.36. The van der Waals surface area contributed by atoms with Gasteiger partial charge in [-0.1, -0.05) is 30.3 Å². The van der Waals surface area contributed by atoms with Gasteiger partial charge >= 0.3 is 0 Å². The molecule has 1 fully saturated rings. The Kier molecular flexibility index (Phi) is 6.41. The molecular formula is C23H24N4O3S. The van der Waals surface area contributed by atoms with Crippen LogP contribution in [0.3, 0.4) is 0 Å². The lowest BCUT2D eigenvalue weighted by Gasteiger charge is -2.34. The summed E-state index contributed by atoms with van der Waals surface area (Å²) in [4.78, 5) is 19.1. The fraction of sp³-hybridized carbons (Fsp3) is 0.217. The molecule has 0 atom stereocenters. The van der Waals surface area contributed by atoms with Gasteiger partial charge in [-0.3, -0.25) is 14.7 Å². The van der Waals surface area contributed by atoms with Crippen molar-refractivity contribution in [1.82, 2.24) is 14.2 Å². The number of benzene rings is 2. The lowest BCUT2D eigenvalue weighted by atomic mass is 10.1. The molecule has 1 aliphatic heterocycles. The number of nitrogens with one attached hydrogen (secondary N) is 1. The minimum absolute atomic E-state index is 0.186. The molecule has 0 radical (unpaired) electrons. The Labute approximate surface area is 182 Å². The number of amides is 1. The molecule has 0 bridgehead atoms. The fourth-order valence-corrected chi connectivity index (χ4v) is 5.02. The highest BCUT2D eigenvalue weighted by atomic mass is 32.2. The third-order valence-electron chi connectivity index (χ3n) is 5.23. The molecule has 2 aromatic carbocycles. The van der Waals surface area contributed by atoms with Gasteiger partial charge in [-0.2, -0.15) is 4.31 Å². The number of hydrogen-bond donors (Lipinski definition) is 1. The van der Waals surface area contributed by atoms with Crippen LogP contribution in [0.5, 0.6) is 0 Å². The topological polar surface area (TPSA) is 82.6 Å². The van der Waals surface area contributed by atoms with Gasteiger partial charge in [0.05, 0.1) is 16.8 Å². The van der Waals surface area contributed by atoms with Gasteiger partial charge in [0.2, 0.25) is 10.0 Å². The predicted octanol–water partition coefficient (Wildman–Crippen LogP) is 2.84. The van der Waals surface area contributed by atoms with Crippen molar-refractivity contribution >= 4 is 21.6 Å². The first-order chi connectivity index (χ1) is 15.0. The lowest BCUT2D eigenvalue weighted by molar-refractivity contribution is 0.102. The molecular weight excluding hydrogens is 412 g/mol. The van der Waals surface area contributed by atoms with Crippen LogP contribution >= 0.6 is 0 Å². The van der Waals surface area contributed by atoms with Crippen molar-refractivity contribution in [3.05, 3.63) is 90.3 Å². The first-order valence-electron chi connectivity index (χ1n) is 10.1. The molecule has 0 spiro atoms. The average Bonchev–Trinajstić information content (AvgIpc) is 2.81. The molecule has 2 heterocycles. The second-order valence-electron chi connectivity index (χ2n) is 7.39. The van der Waals surface area contributed by atoms with E-state index >= 15 is 0 Å². The number of piperazine rings is 1. The third-order valence-corrected chi connectivity index (χ3v) is 7.14. The molecule has 0 unspecified atom stereocenters. The Morgan fingerprint density at radius 1 is 0.935 bits per heavy atom.